The Kier molecular flexibility index (Phi) is 4.57. The molecule has 0 unspecified atom stereocenters. The molecule has 0 aliphatic heterocycles. The summed E-state index contributed by atoms with van der Waals surface area (Å²) in [5.41, 5.74) is 1.18. The summed E-state index contributed by atoms with van der Waals surface area (Å²) in [7, 11) is 1.77. The van der Waals surface area contributed by atoms with Crippen molar-refractivity contribution in [1.29, 1.82) is 0 Å². The first-order valence-corrected chi connectivity index (χ1v) is 6.72. The molecule has 2 aromatic rings. The van der Waals surface area contributed by atoms with Crippen molar-refractivity contribution >= 4 is 27.8 Å². The van der Waals surface area contributed by atoms with E-state index in [1.165, 1.54) is 5.56 Å². The van der Waals surface area contributed by atoms with E-state index in [1.807, 2.05) is 24.3 Å². The quantitative estimate of drug-likeness (QED) is 0.908. The minimum absolute atomic E-state index is 0.224. The van der Waals surface area contributed by atoms with E-state index in [-0.39, 0.29) is 6.03 Å². The molecule has 1 aromatic carbocycles. The van der Waals surface area contributed by atoms with E-state index in [1.54, 1.807) is 24.0 Å². The van der Waals surface area contributed by atoms with Crippen molar-refractivity contribution in [2.75, 3.05) is 11.9 Å². The van der Waals surface area contributed by atoms with Crippen LogP contribution in [0.3, 0.4) is 0 Å². The van der Waals surface area contributed by atoms with Crippen LogP contribution >= 0.6 is 15.9 Å². The maximum absolute atomic E-state index is 11.6. The molecule has 0 fully saturated rings. The molecule has 0 saturated carbocycles. The van der Waals surface area contributed by atoms with Crippen LogP contribution in [-0.2, 0) is 13.5 Å². The van der Waals surface area contributed by atoms with Crippen LogP contribution in [0.4, 0.5) is 10.6 Å². The molecule has 100 valence electrons. The SMILES string of the molecule is Cn1nccc1NC(=O)NCCc1cccc(Br)c1. The number of amides is 2. The molecule has 0 spiro atoms. The molecular formula is C13H15BrN4O. The van der Waals surface area contributed by atoms with Gasteiger partial charge in [-0.1, -0.05) is 28.1 Å². The normalized spacial score (nSPS) is 10.2. The third kappa shape index (κ3) is 4.10. The lowest BCUT2D eigenvalue weighted by atomic mass is 10.1. The van der Waals surface area contributed by atoms with Gasteiger partial charge in [-0.2, -0.15) is 5.10 Å². The largest absolute Gasteiger partial charge is 0.337 e. The van der Waals surface area contributed by atoms with Crippen molar-refractivity contribution in [3.8, 4) is 0 Å². The van der Waals surface area contributed by atoms with Gasteiger partial charge in [-0.15, -0.1) is 0 Å². The maximum atomic E-state index is 11.6. The molecule has 5 nitrogen and oxygen atoms in total. The highest BCUT2D eigenvalue weighted by atomic mass is 79.9. The number of benzene rings is 1. The molecule has 0 aliphatic carbocycles. The smallest absolute Gasteiger partial charge is 0.320 e. The number of urea groups is 1. The van der Waals surface area contributed by atoms with E-state index in [9.17, 15) is 4.79 Å². The van der Waals surface area contributed by atoms with Crippen LogP contribution in [0.15, 0.2) is 41.0 Å². The number of aromatic nitrogens is 2. The molecule has 1 aromatic heterocycles. The Morgan fingerprint density at radius 2 is 2.26 bits per heavy atom. The molecule has 2 rings (SSSR count). The molecule has 19 heavy (non-hydrogen) atoms. The second-order valence-electron chi connectivity index (χ2n) is 4.10. The number of hydrogen-bond acceptors (Lipinski definition) is 2. The Labute approximate surface area is 120 Å². The van der Waals surface area contributed by atoms with Crippen LogP contribution in [0, 0.1) is 0 Å². The Hall–Kier alpha value is -1.82. The van der Waals surface area contributed by atoms with Gasteiger partial charge in [0.25, 0.3) is 0 Å². The summed E-state index contributed by atoms with van der Waals surface area (Å²) in [6.07, 6.45) is 2.43. The molecule has 2 N–H and O–H groups in total. The Morgan fingerprint density at radius 1 is 1.42 bits per heavy atom. The van der Waals surface area contributed by atoms with Crippen LogP contribution in [0.25, 0.3) is 0 Å². The monoisotopic (exact) mass is 322 g/mol. The van der Waals surface area contributed by atoms with E-state index >= 15 is 0 Å². The van der Waals surface area contributed by atoms with Crippen LogP contribution in [0.5, 0.6) is 0 Å². The van der Waals surface area contributed by atoms with E-state index in [4.69, 9.17) is 0 Å². The van der Waals surface area contributed by atoms with Gasteiger partial charge >= 0.3 is 6.03 Å². The average molecular weight is 323 g/mol. The van der Waals surface area contributed by atoms with Gasteiger partial charge in [0, 0.05) is 24.1 Å². The fourth-order valence-corrected chi connectivity index (χ4v) is 2.12. The van der Waals surface area contributed by atoms with Crippen LogP contribution in [0.2, 0.25) is 0 Å². The van der Waals surface area contributed by atoms with Crippen molar-refractivity contribution in [3.63, 3.8) is 0 Å². The van der Waals surface area contributed by atoms with Crippen molar-refractivity contribution in [1.82, 2.24) is 15.1 Å². The number of rotatable bonds is 4. The standard InChI is InChI=1S/C13H15BrN4O/c1-18-12(6-8-16-18)17-13(19)15-7-5-10-3-2-4-11(14)9-10/h2-4,6,8-9H,5,7H2,1H3,(H2,15,17,19). The Bertz CT molecular complexity index is 567. The number of nitrogens with zero attached hydrogens (tertiary/aromatic N) is 2. The summed E-state index contributed by atoms with van der Waals surface area (Å²) >= 11 is 3.42. The van der Waals surface area contributed by atoms with Gasteiger partial charge in [0.15, 0.2) is 0 Å². The van der Waals surface area contributed by atoms with E-state index in [0.717, 1.165) is 10.9 Å². The van der Waals surface area contributed by atoms with Gasteiger partial charge in [0.2, 0.25) is 0 Å². The topological polar surface area (TPSA) is 59.0 Å². The highest BCUT2D eigenvalue weighted by molar-refractivity contribution is 9.10. The van der Waals surface area contributed by atoms with Crippen molar-refractivity contribution in [2.24, 2.45) is 7.05 Å². The third-order valence-corrected chi connectivity index (χ3v) is 3.14. The van der Waals surface area contributed by atoms with Gasteiger partial charge in [-0.3, -0.25) is 10.00 Å². The van der Waals surface area contributed by atoms with Gasteiger partial charge in [0.1, 0.15) is 5.82 Å². The first-order chi connectivity index (χ1) is 9.15. The predicted octanol–water partition coefficient (Wildman–Crippen LogP) is 2.55. The molecule has 0 aliphatic rings. The lowest BCUT2D eigenvalue weighted by Gasteiger charge is -2.07. The Morgan fingerprint density at radius 3 is 2.95 bits per heavy atom. The molecule has 0 radical (unpaired) electrons. The second-order valence-corrected chi connectivity index (χ2v) is 5.02. The van der Waals surface area contributed by atoms with Gasteiger partial charge in [-0.25, -0.2) is 4.79 Å². The summed E-state index contributed by atoms with van der Waals surface area (Å²) < 4.78 is 2.65. The maximum Gasteiger partial charge on any atom is 0.320 e. The number of nitrogens with one attached hydrogen (secondary N) is 2. The number of carbonyl (C=O) groups is 1. The summed E-state index contributed by atoms with van der Waals surface area (Å²) in [5.74, 6) is 0.667. The molecular weight excluding hydrogens is 308 g/mol. The van der Waals surface area contributed by atoms with Crippen molar-refractivity contribution in [3.05, 3.63) is 46.6 Å². The number of anilines is 1. The zero-order chi connectivity index (χ0) is 13.7. The van der Waals surface area contributed by atoms with E-state index in [0.29, 0.717) is 12.4 Å². The zero-order valence-corrected chi connectivity index (χ0v) is 12.1. The molecule has 2 amide bonds. The third-order valence-electron chi connectivity index (χ3n) is 2.65. The number of halogens is 1. The van der Waals surface area contributed by atoms with Crippen molar-refractivity contribution < 1.29 is 4.79 Å². The first-order valence-electron chi connectivity index (χ1n) is 5.92. The summed E-state index contributed by atoms with van der Waals surface area (Å²) in [6, 6.07) is 9.56. The predicted molar refractivity (Wildman–Crippen MR) is 78.1 cm³/mol. The average Bonchev–Trinajstić information content (AvgIpc) is 2.75. The zero-order valence-electron chi connectivity index (χ0n) is 10.6. The molecule has 1 heterocycles. The fraction of sp³-hybridized carbons (Fsp3) is 0.231. The molecule has 6 heteroatoms. The number of hydrogen-bond donors (Lipinski definition) is 2. The Balaban J connectivity index is 1.77. The lowest BCUT2D eigenvalue weighted by Crippen LogP contribution is -2.31. The minimum atomic E-state index is -0.224. The van der Waals surface area contributed by atoms with E-state index in [2.05, 4.69) is 31.7 Å². The highest BCUT2D eigenvalue weighted by Gasteiger charge is 2.04. The van der Waals surface area contributed by atoms with Crippen molar-refractivity contribution in [2.45, 2.75) is 6.42 Å². The van der Waals surface area contributed by atoms with E-state index < -0.39 is 0 Å². The lowest BCUT2D eigenvalue weighted by molar-refractivity contribution is 0.252. The number of carbonyl (C=O) groups excluding carboxylic acids is 1. The second kappa shape index (κ2) is 6.38. The minimum Gasteiger partial charge on any atom is -0.337 e. The summed E-state index contributed by atoms with van der Waals surface area (Å²) in [4.78, 5) is 11.6. The van der Waals surface area contributed by atoms with Crippen LogP contribution in [-0.4, -0.2) is 22.4 Å². The van der Waals surface area contributed by atoms with Crippen LogP contribution in [0.1, 0.15) is 5.56 Å². The molecule has 0 atom stereocenters. The molecule has 0 saturated heterocycles. The first kappa shape index (κ1) is 13.6. The number of aryl methyl sites for hydroxylation is 1. The summed E-state index contributed by atoms with van der Waals surface area (Å²) in [5, 5.41) is 9.51. The van der Waals surface area contributed by atoms with Crippen LogP contribution < -0.4 is 10.6 Å². The van der Waals surface area contributed by atoms with Gasteiger partial charge in [-0.05, 0) is 24.1 Å². The fourth-order valence-electron chi connectivity index (χ4n) is 1.67. The highest BCUT2D eigenvalue weighted by Crippen LogP contribution is 2.11. The summed E-state index contributed by atoms with van der Waals surface area (Å²) in [6.45, 7) is 0.583. The van der Waals surface area contributed by atoms with Gasteiger partial charge in [0.05, 0.1) is 6.20 Å². The van der Waals surface area contributed by atoms with Gasteiger partial charge < -0.3 is 5.32 Å². The molecule has 0 bridgehead atoms.